The van der Waals surface area contributed by atoms with Crippen LogP contribution in [-0.2, 0) is 14.3 Å². The number of hydrogen-bond donors (Lipinski definition) is 2. The number of urea groups is 1. The minimum atomic E-state index is -0.805. The van der Waals surface area contributed by atoms with Crippen molar-refractivity contribution in [3.8, 4) is 0 Å². The third kappa shape index (κ3) is 9.02. The van der Waals surface area contributed by atoms with Gasteiger partial charge in [-0.25, -0.2) is 9.78 Å². The minimum Gasteiger partial charge on any atom is -0.481 e. The largest absolute Gasteiger partial charge is 0.481 e. The smallest absolute Gasteiger partial charge is 0.324 e. The van der Waals surface area contributed by atoms with Gasteiger partial charge in [-0.1, -0.05) is 37.0 Å². The summed E-state index contributed by atoms with van der Waals surface area (Å²) in [6, 6.07) is 0.497. The second kappa shape index (κ2) is 14.9. The summed E-state index contributed by atoms with van der Waals surface area (Å²) in [5.74, 6) is 0.245. The van der Waals surface area contributed by atoms with E-state index in [1.54, 1.807) is 13.3 Å². The van der Waals surface area contributed by atoms with Crippen LogP contribution in [0.1, 0.15) is 70.6 Å². The van der Waals surface area contributed by atoms with Gasteiger partial charge in [0.25, 0.3) is 0 Å². The highest BCUT2D eigenvalue weighted by atomic mass is 32.2. The number of carboxylic acids is 1. The molecule has 0 bridgehead atoms. The Hall–Kier alpha value is -1.36. The van der Waals surface area contributed by atoms with E-state index in [-0.39, 0.29) is 24.5 Å². The molecule has 0 saturated heterocycles. The molecule has 1 heterocycles. The van der Waals surface area contributed by atoms with Crippen LogP contribution < -0.4 is 5.32 Å². The maximum absolute atomic E-state index is 13.5. The Morgan fingerprint density at radius 2 is 1.82 bits per heavy atom. The maximum atomic E-state index is 13.5. The third-order valence-electron chi connectivity index (χ3n) is 6.71. The quantitative estimate of drug-likeness (QED) is 0.217. The van der Waals surface area contributed by atoms with Crippen molar-refractivity contribution in [1.82, 2.24) is 9.88 Å². The van der Waals surface area contributed by atoms with Gasteiger partial charge < -0.3 is 19.5 Å². The van der Waals surface area contributed by atoms with Gasteiger partial charge in [0.1, 0.15) is 0 Å². The maximum Gasteiger partial charge on any atom is 0.324 e. The van der Waals surface area contributed by atoms with Crippen LogP contribution in [0.25, 0.3) is 0 Å². The van der Waals surface area contributed by atoms with Crippen molar-refractivity contribution in [3.63, 3.8) is 0 Å². The summed E-state index contributed by atoms with van der Waals surface area (Å²) in [7, 11) is 1.69. The molecule has 8 nitrogen and oxygen atoms in total. The van der Waals surface area contributed by atoms with Gasteiger partial charge in [-0.05, 0) is 44.4 Å². The van der Waals surface area contributed by atoms with Crippen molar-refractivity contribution in [1.29, 1.82) is 0 Å². The molecule has 2 aliphatic carbocycles. The number of nitrogens with one attached hydrogen (secondary N) is 1. The lowest BCUT2D eigenvalue weighted by Crippen LogP contribution is -2.50. The van der Waals surface area contributed by atoms with Gasteiger partial charge in [0.05, 0.1) is 30.0 Å². The van der Waals surface area contributed by atoms with Crippen molar-refractivity contribution in [2.75, 3.05) is 38.0 Å². The van der Waals surface area contributed by atoms with E-state index in [1.165, 1.54) is 48.8 Å². The van der Waals surface area contributed by atoms with E-state index in [1.807, 2.05) is 0 Å². The molecule has 2 aliphatic rings. The fourth-order valence-corrected chi connectivity index (χ4v) is 6.79. The number of carboxylic acid groups (broad SMARTS) is 1. The molecule has 2 N–H and O–H groups in total. The van der Waals surface area contributed by atoms with Crippen LogP contribution in [0.2, 0.25) is 0 Å². The van der Waals surface area contributed by atoms with Gasteiger partial charge in [0, 0.05) is 31.6 Å². The van der Waals surface area contributed by atoms with Crippen molar-refractivity contribution in [2.45, 2.75) is 86.9 Å². The van der Waals surface area contributed by atoms with E-state index in [9.17, 15) is 9.59 Å². The second-order valence-electron chi connectivity index (χ2n) is 9.20. The predicted octanol–water partition coefficient (Wildman–Crippen LogP) is 5.49. The van der Waals surface area contributed by atoms with Crippen LogP contribution >= 0.6 is 23.1 Å². The van der Waals surface area contributed by atoms with Crippen molar-refractivity contribution in [2.24, 2.45) is 5.92 Å². The molecule has 0 aliphatic heterocycles. The molecule has 2 saturated carbocycles. The first-order chi connectivity index (χ1) is 16.6. The average molecular weight is 514 g/mol. The number of carbonyl (C=O) groups is 2. The normalized spacial score (nSPS) is 21.7. The second-order valence-corrected chi connectivity index (χ2v) is 11.6. The first-order valence-electron chi connectivity index (χ1n) is 12.5. The molecule has 192 valence electrons. The molecule has 1 aromatic rings. The van der Waals surface area contributed by atoms with Gasteiger partial charge in [-0.15, -0.1) is 11.8 Å². The van der Waals surface area contributed by atoms with Gasteiger partial charge in [-0.2, -0.15) is 0 Å². The highest BCUT2D eigenvalue weighted by molar-refractivity contribution is 8.01. The van der Waals surface area contributed by atoms with Crippen molar-refractivity contribution >= 4 is 40.2 Å². The Bertz CT molecular complexity index is 747. The number of hydrogen-bond acceptors (Lipinski definition) is 7. The van der Waals surface area contributed by atoms with Crippen molar-refractivity contribution < 1.29 is 24.2 Å². The van der Waals surface area contributed by atoms with E-state index in [0.717, 1.165) is 49.3 Å². The molecule has 0 aromatic carbocycles. The molecule has 0 unspecified atom stereocenters. The van der Waals surface area contributed by atoms with Crippen molar-refractivity contribution in [3.05, 3.63) is 6.20 Å². The molecule has 10 heteroatoms. The van der Waals surface area contributed by atoms with E-state index in [0.29, 0.717) is 30.0 Å². The summed E-state index contributed by atoms with van der Waals surface area (Å²) < 4.78 is 11.7. The zero-order valence-corrected chi connectivity index (χ0v) is 21.8. The van der Waals surface area contributed by atoms with E-state index < -0.39 is 5.97 Å². The molecular formula is C24H39N3O5S2. The zero-order chi connectivity index (χ0) is 24.2. The summed E-state index contributed by atoms with van der Waals surface area (Å²) >= 11 is 2.88. The average Bonchev–Trinajstić information content (AvgIpc) is 3.09. The molecule has 0 atom stereocenters. The number of ether oxygens (including phenoxy) is 2. The number of methoxy groups -OCH3 is 1. The Morgan fingerprint density at radius 3 is 2.50 bits per heavy atom. The number of thioether (sulfide) groups is 1. The summed E-state index contributed by atoms with van der Waals surface area (Å²) in [4.78, 5) is 30.8. The first-order valence-corrected chi connectivity index (χ1v) is 14.3. The molecule has 34 heavy (non-hydrogen) atoms. The summed E-state index contributed by atoms with van der Waals surface area (Å²) in [5.41, 5.74) is 0. The van der Waals surface area contributed by atoms with Gasteiger partial charge in [0.15, 0.2) is 5.13 Å². The number of anilines is 1. The molecule has 0 radical (unpaired) electrons. The Morgan fingerprint density at radius 1 is 1.12 bits per heavy atom. The van der Waals surface area contributed by atoms with Gasteiger partial charge in [-0.3, -0.25) is 10.1 Å². The molecule has 3 rings (SSSR count). The number of thiazole rings is 1. The number of nitrogens with zero attached hydrogens (tertiary/aromatic N) is 2. The summed E-state index contributed by atoms with van der Waals surface area (Å²) in [5, 5.41) is 12.5. The van der Waals surface area contributed by atoms with Crippen LogP contribution in [0.5, 0.6) is 0 Å². The molecular weight excluding hydrogens is 474 g/mol. The Labute approximate surface area is 211 Å². The van der Waals surface area contributed by atoms with E-state index in [2.05, 4.69) is 15.2 Å². The van der Waals surface area contributed by atoms with Crippen LogP contribution in [0.4, 0.5) is 9.93 Å². The topological polar surface area (TPSA) is 101 Å². The zero-order valence-electron chi connectivity index (χ0n) is 20.2. The van der Waals surface area contributed by atoms with Crippen LogP contribution in [0.3, 0.4) is 0 Å². The standard InChI is InChI=1S/C24H39N3O5S2/c1-31-13-14-32-17-18-8-10-20(11-9-18)27(19-6-4-2-3-5-7-19)24(30)26-23-25-16-22(34-23)33-15-12-21(28)29/h16,18-20H,2-15,17H2,1H3,(H,28,29)(H,25,26,30). The Kier molecular flexibility index (Phi) is 11.9. The lowest BCUT2D eigenvalue weighted by atomic mass is 9.85. The molecule has 2 fully saturated rings. The van der Waals surface area contributed by atoms with Gasteiger partial charge >= 0.3 is 12.0 Å². The number of aromatic nitrogens is 1. The fourth-order valence-electron chi connectivity index (χ4n) is 4.93. The fraction of sp³-hybridized carbons (Fsp3) is 0.792. The molecule has 0 spiro atoms. The minimum absolute atomic E-state index is 0.0388. The number of amides is 2. The van der Waals surface area contributed by atoms with E-state index >= 15 is 0 Å². The molecule has 1 aromatic heterocycles. The van der Waals surface area contributed by atoms with Crippen LogP contribution in [-0.4, -0.2) is 71.8 Å². The SMILES string of the molecule is COCCOCC1CCC(N(C(=O)Nc2ncc(SCCC(=O)O)s2)C2CCCCCC2)CC1. The lowest BCUT2D eigenvalue weighted by molar-refractivity contribution is -0.136. The number of rotatable bonds is 12. The summed E-state index contributed by atoms with van der Waals surface area (Å²) in [6.45, 7) is 2.03. The monoisotopic (exact) mass is 513 g/mol. The van der Waals surface area contributed by atoms with E-state index in [4.69, 9.17) is 14.6 Å². The van der Waals surface area contributed by atoms with Gasteiger partial charge in [0.2, 0.25) is 0 Å². The summed E-state index contributed by atoms with van der Waals surface area (Å²) in [6.07, 6.45) is 13.0. The highest BCUT2D eigenvalue weighted by Crippen LogP contribution is 2.34. The highest BCUT2D eigenvalue weighted by Gasteiger charge is 2.34. The first kappa shape index (κ1) is 27.2. The third-order valence-corrected chi connectivity index (χ3v) is 8.82. The van der Waals surface area contributed by atoms with Crippen LogP contribution in [0.15, 0.2) is 10.4 Å². The van der Waals surface area contributed by atoms with Crippen LogP contribution in [0, 0.1) is 5.92 Å². The lowest BCUT2D eigenvalue weighted by Gasteiger charge is -2.41. The molecule has 2 amide bonds. The number of aliphatic carboxylic acids is 1. The predicted molar refractivity (Wildman–Crippen MR) is 136 cm³/mol. The number of carbonyl (C=O) groups excluding carboxylic acids is 1. The Balaban J connectivity index is 1.58.